The standard InChI is InChI=1S/C14H18N4O2/c1-10-8-15-6-7-17(10)13(19)9-18-12-5-3-2-4-11(12)16-14(18)20/h2-5,10,15H,6-9H2,1H3,(H,16,20)/t10-/m1/s1. The molecule has 2 aromatic rings. The van der Waals surface area contributed by atoms with E-state index >= 15 is 0 Å². The van der Waals surface area contributed by atoms with E-state index in [-0.39, 0.29) is 24.2 Å². The van der Waals surface area contributed by atoms with Gasteiger partial charge in [0.1, 0.15) is 6.54 Å². The minimum Gasteiger partial charge on any atom is -0.336 e. The molecule has 6 heteroatoms. The van der Waals surface area contributed by atoms with Crippen molar-refractivity contribution in [1.29, 1.82) is 0 Å². The molecule has 3 rings (SSSR count). The number of carbonyl (C=O) groups excluding carboxylic acids is 1. The molecule has 6 nitrogen and oxygen atoms in total. The van der Waals surface area contributed by atoms with E-state index in [1.165, 1.54) is 4.57 Å². The maximum atomic E-state index is 12.4. The second kappa shape index (κ2) is 5.13. The average molecular weight is 274 g/mol. The molecule has 0 bridgehead atoms. The summed E-state index contributed by atoms with van der Waals surface area (Å²) in [4.78, 5) is 29.0. The topological polar surface area (TPSA) is 70.1 Å². The number of imidazole rings is 1. The molecule has 2 N–H and O–H groups in total. The lowest BCUT2D eigenvalue weighted by Crippen LogP contribution is -2.53. The lowest BCUT2D eigenvalue weighted by Gasteiger charge is -2.34. The predicted octanol–water partition coefficient (Wildman–Crippen LogP) is 0.150. The van der Waals surface area contributed by atoms with Crippen LogP contribution in [0.3, 0.4) is 0 Å². The summed E-state index contributed by atoms with van der Waals surface area (Å²) in [6, 6.07) is 7.58. The molecule has 0 saturated carbocycles. The first-order valence-corrected chi connectivity index (χ1v) is 6.84. The van der Waals surface area contributed by atoms with E-state index in [0.717, 1.165) is 24.1 Å². The Morgan fingerprint density at radius 2 is 2.20 bits per heavy atom. The van der Waals surface area contributed by atoms with E-state index in [1.54, 1.807) is 0 Å². The van der Waals surface area contributed by atoms with E-state index in [0.29, 0.717) is 6.54 Å². The number of amides is 1. The van der Waals surface area contributed by atoms with E-state index in [4.69, 9.17) is 0 Å². The average Bonchev–Trinajstić information content (AvgIpc) is 2.76. The zero-order valence-electron chi connectivity index (χ0n) is 11.4. The minimum atomic E-state index is -0.234. The first-order valence-electron chi connectivity index (χ1n) is 6.84. The van der Waals surface area contributed by atoms with Crippen LogP contribution in [0.15, 0.2) is 29.1 Å². The Hall–Kier alpha value is -2.08. The first-order chi connectivity index (χ1) is 9.66. The largest absolute Gasteiger partial charge is 0.336 e. The number of nitrogens with zero attached hydrogens (tertiary/aromatic N) is 2. The predicted molar refractivity (Wildman–Crippen MR) is 76.6 cm³/mol. The lowest BCUT2D eigenvalue weighted by atomic mass is 10.2. The second-order valence-corrected chi connectivity index (χ2v) is 5.17. The number of carbonyl (C=O) groups is 1. The number of aromatic amines is 1. The van der Waals surface area contributed by atoms with Crippen LogP contribution in [0.2, 0.25) is 0 Å². The van der Waals surface area contributed by atoms with Gasteiger partial charge in [-0.05, 0) is 19.1 Å². The molecule has 1 aromatic carbocycles. The highest BCUT2D eigenvalue weighted by molar-refractivity contribution is 5.80. The third-order valence-electron chi connectivity index (χ3n) is 3.80. The Bertz CT molecular complexity index is 688. The van der Waals surface area contributed by atoms with Gasteiger partial charge in [-0.25, -0.2) is 4.79 Å². The fraction of sp³-hybridized carbons (Fsp3) is 0.429. The summed E-state index contributed by atoms with van der Waals surface area (Å²) in [5, 5.41) is 3.25. The molecule has 0 spiro atoms. The van der Waals surface area contributed by atoms with Gasteiger partial charge in [0, 0.05) is 25.7 Å². The van der Waals surface area contributed by atoms with E-state index in [2.05, 4.69) is 10.3 Å². The van der Waals surface area contributed by atoms with Crippen molar-refractivity contribution in [2.24, 2.45) is 0 Å². The number of para-hydroxylation sites is 2. The number of hydrogen-bond acceptors (Lipinski definition) is 3. The molecule has 0 radical (unpaired) electrons. The molecule has 0 aliphatic carbocycles. The molecule has 1 aliphatic heterocycles. The molecule has 0 unspecified atom stereocenters. The number of hydrogen-bond donors (Lipinski definition) is 2. The van der Waals surface area contributed by atoms with Crippen molar-refractivity contribution in [2.75, 3.05) is 19.6 Å². The molecule has 1 aromatic heterocycles. The molecule has 106 valence electrons. The molecule has 1 saturated heterocycles. The maximum absolute atomic E-state index is 12.4. The van der Waals surface area contributed by atoms with E-state index in [1.807, 2.05) is 36.1 Å². The summed E-state index contributed by atoms with van der Waals surface area (Å²) in [5.74, 6) is -0.00847. The molecule has 2 heterocycles. The highest BCUT2D eigenvalue weighted by atomic mass is 16.2. The Balaban J connectivity index is 1.87. The first kappa shape index (κ1) is 12.9. The van der Waals surface area contributed by atoms with Crippen LogP contribution >= 0.6 is 0 Å². The van der Waals surface area contributed by atoms with Crippen molar-refractivity contribution in [3.63, 3.8) is 0 Å². The molecule has 1 fully saturated rings. The Labute approximate surface area is 116 Å². The minimum absolute atomic E-state index is 0.00847. The van der Waals surface area contributed by atoms with Gasteiger partial charge in [0.05, 0.1) is 11.0 Å². The summed E-state index contributed by atoms with van der Waals surface area (Å²) in [6.45, 7) is 4.40. The summed E-state index contributed by atoms with van der Waals surface area (Å²) < 4.78 is 1.51. The SMILES string of the molecule is C[C@@H]1CNCCN1C(=O)Cn1c(=O)[nH]c2ccccc21. The van der Waals surface area contributed by atoms with Gasteiger partial charge >= 0.3 is 5.69 Å². The number of rotatable bonds is 2. The normalized spacial score (nSPS) is 19.4. The molecule has 1 atom stereocenters. The van der Waals surface area contributed by atoms with E-state index in [9.17, 15) is 9.59 Å². The zero-order chi connectivity index (χ0) is 14.1. The van der Waals surface area contributed by atoms with Gasteiger partial charge in [-0.15, -0.1) is 0 Å². The number of nitrogens with one attached hydrogen (secondary N) is 2. The van der Waals surface area contributed by atoms with E-state index < -0.39 is 0 Å². The molecular formula is C14H18N4O2. The fourth-order valence-electron chi connectivity index (χ4n) is 2.70. The van der Waals surface area contributed by atoms with Crippen LogP contribution in [0.5, 0.6) is 0 Å². The van der Waals surface area contributed by atoms with Gasteiger partial charge in [-0.3, -0.25) is 9.36 Å². The number of aromatic nitrogens is 2. The molecule has 1 aliphatic rings. The summed E-state index contributed by atoms with van der Waals surface area (Å²) in [5.41, 5.74) is 1.30. The quantitative estimate of drug-likeness (QED) is 0.819. The fourth-order valence-corrected chi connectivity index (χ4v) is 2.70. The van der Waals surface area contributed by atoms with Gasteiger partial charge in [0.25, 0.3) is 0 Å². The number of H-pyrrole nitrogens is 1. The van der Waals surface area contributed by atoms with Gasteiger partial charge in [-0.1, -0.05) is 12.1 Å². The second-order valence-electron chi connectivity index (χ2n) is 5.17. The highest BCUT2D eigenvalue weighted by Gasteiger charge is 2.23. The van der Waals surface area contributed by atoms with Crippen molar-refractivity contribution in [1.82, 2.24) is 19.8 Å². The molecule has 20 heavy (non-hydrogen) atoms. The Morgan fingerprint density at radius 1 is 1.40 bits per heavy atom. The summed E-state index contributed by atoms with van der Waals surface area (Å²) >= 11 is 0. The van der Waals surface area contributed by atoms with Gasteiger partial charge in [-0.2, -0.15) is 0 Å². The van der Waals surface area contributed by atoms with Crippen LogP contribution in [0.4, 0.5) is 0 Å². The summed E-state index contributed by atoms with van der Waals surface area (Å²) in [6.07, 6.45) is 0. The van der Waals surface area contributed by atoms with Gasteiger partial charge < -0.3 is 15.2 Å². The van der Waals surface area contributed by atoms with Crippen molar-refractivity contribution in [3.05, 3.63) is 34.7 Å². The van der Waals surface area contributed by atoms with Crippen LogP contribution in [-0.2, 0) is 11.3 Å². The van der Waals surface area contributed by atoms with Crippen LogP contribution < -0.4 is 11.0 Å². The summed E-state index contributed by atoms with van der Waals surface area (Å²) in [7, 11) is 0. The Morgan fingerprint density at radius 3 is 3.00 bits per heavy atom. The third kappa shape index (κ3) is 2.22. The maximum Gasteiger partial charge on any atom is 0.326 e. The zero-order valence-corrected chi connectivity index (χ0v) is 11.4. The molecular weight excluding hydrogens is 256 g/mol. The van der Waals surface area contributed by atoms with Crippen molar-refractivity contribution < 1.29 is 4.79 Å². The van der Waals surface area contributed by atoms with Crippen LogP contribution in [-0.4, -0.2) is 46.0 Å². The van der Waals surface area contributed by atoms with Crippen LogP contribution in [0, 0.1) is 0 Å². The highest BCUT2D eigenvalue weighted by Crippen LogP contribution is 2.10. The van der Waals surface area contributed by atoms with Crippen molar-refractivity contribution >= 4 is 16.9 Å². The lowest BCUT2D eigenvalue weighted by molar-refractivity contribution is -0.134. The smallest absolute Gasteiger partial charge is 0.326 e. The van der Waals surface area contributed by atoms with Crippen molar-refractivity contribution in [3.8, 4) is 0 Å². The van der Waals surface area contributed by atoms with Crippen molar-refractivity contribution in [2.45, 2.75) is 19.5 Å². The number of fused-ring (bicyclic) bond motifs is 1. The molecule has 1 amide bonds. The Kier molecular flexibility index (Phi) is 3.31. The third-order valence-corrected chi connectivity index (χ3v) is 3.80. The van der Waals surface area contributed by atoms with Crippen LogP contribution in [0.25, 0.3) is 11.0 Å². The number of piperazine rings is 1. The van der Waals surface area contributed by atoms with Gasteiger partial charge in [0.15, 0.2) is 0 Å². The number of benzene rings is 1. The monoisotopic (exact) mass is 274 g/mol. The van der Waals surface area contributed by atoms with Crippen LogP contribution in [0.1, 0.15) is 6.92 Å². The van der Waals surface area contributed by atoms with Gasteiger partial charge in [0.2, 0.25) is 5.91 Å².